The number of hydrogen-bond acceptors (Lipinski definition) is 5. The van der Waals surface area contributed by atoms with Crippen LogP contribution >= 0.6 is 0 Å². The maximum atomic E-state index is 11.8. The van der Waals surface area contributed by atoms with Gasteiger partial charge in [-0.15, -0.1) is 0 Å². The Bertz CT molecular complexity index is 462. The zero-order valence-corrected chi connectivity index (χ0v) is 12.2. The van der Waals surface area contributed by atoms with Gasteiger partial charge in [0.15, 0.2) is 0 Å². The lowest BCUT2D eigenvalue weighted by Crippen LogP contribution is -2.53. The van der Waals surface area contributed by atoms with E-state index in [0.29, 0.717) is 12.8 Å². The van der Waals surface area contributed by atoms with Crippen molar-refractivity contribution in [3.05, 3.63) is 0 Å². The standard InChI is InChI=1S/C10H21NO5S2/c1-17(13,14)7-8-18(15,16)11-10(9-12)5-3-2-4-6-10/h11-12H,2-9H2,1H3. The predicted octanol–water partition coefficient (Wildman–Crippen LogP) is -0.354. The van der Waals surface area contributed by atoms with Crippen LogP contribution in [0, 0.1) is 0 Å². The molecule has 8 heteroatoms. The summed E-state index contributed by atoms with van der Waals surface area (Å²) in [5.74, 6) is -0.850. The van der Waals surface area contributed by atoms with Crippen LogP contribution in [0.2, 0.25) is 0 Å². The van der Waals surface area contributed by atoms with Crippen molar-refractivity contribution in [2.75, 3.05) is 24.4 Å². The minimum atomic E-state index is -3.67. The second-order valence-corrected chi connectivity index (χ2v) is 9.15. The first-order valence-corrected chi connectivity index (χ1v) is 9.70. The van der Waals surface area contributed by atoms with Gasteiger partial charge in [0.2, 0.25) is 10.0 Å². The summed E-state index contributed by atoms with van der Waals surface area (Å²) in [6.45, 7) is -0.245. The van der Waals surface area contributed by atoms with E-state index >= 15 is 0 Å². The summed E-state index contributed by atoms with van der Waals surface area (Å²) in [5.41, 5.74) is -0.797. The van der Waals surface area contributed by atoms with E-state index in [2.05, 4.69) is 4.72 Å². The number of sulfonamides is 1. The van der Waals surface area contributed by atoms with Gasteiger partial charge in [0.05, 0.1) is 23.7 Å². The third kappa shape index (κ3) is 5.21. The molecule has 0 spiro atoms. The molecule has 0 radical (unpaired) electrons. The zero-order chi connectivity index (χ0) is 13.9. The quantitative estimate of drug-likeness (QED) is 0.698. The summed E-state index contributed by atoms with van der Waals surface area (Å²) in [6, 6.07) is 0. The van der Waals surface area contributed by atoms with Crippen LogP contribution < -0.4 is 4.72 Å². The number of nitrogens with one attached hydrogen (secondary N) is 1. The molecule has 0 saturated heterocycles. The van der Waals surface area contributed by atoms with Crippen molar-refractivity contribution < 1.29 is 21.9 Å². The van der Waals surface area contributed by atoms with Gasteiger partial charge >= 0.3 is 0 Å². The lowest BCUT2D eigenvalue weighted by Gasteiger charge is -2.36. The van der Waals surface area contributed by atoms with Gasteiger partial charge in [0, 0.05) is 6.26 Å². The van der Waals surface area contributed by atoms with Crippen LogP contribution in [-0.2, 0) is 19.9 Å². The van der Waals surface area contributed by atoms with Crippen molar-refractivity contribution in [3.8, 4) is 0 Å². The summed E-state index contributed by atoms with van der Waals surface area (Å²) in [6.07, 6.45) is 4.98. The topological polar surface area (TPSA) is 101 Å². The first-order valence-electron chi connectivity index (χ1n) is 5.98. The van der Waals surface area contributed by atoms with Crippen molar-refractivity contribution in [2.45, 2.75) is 37.6 Å². The highest BCUT2D eigenvalue weighted by molar-refractivity contribution is 7.93. The summed E-state index contributed by atoms with van der Waals surface area (Å²) >= 11 is 0. The van der Waals surface area contributed by atoms with Gasteiger partial charge in [0.25, 0.3) is 0 Å². The highest BCUT2D eigenvalue weighted by atomic mass is 32.2. The molecular weight excluding hydrogens is 278 g/mol. The summed E-state index contributed by atoms with van der Waals surface area (Å²) < 4.78 is 48.1. The predicted molar refractivity (Wildman–Crippen MR) is 69.5 cm³/mol. The van der Waals surface area contributed by atoms with E-state index in [1.54, 1.807) is 0 Å². The lowest BCUT2D eigenvalue weighted by atomic mass is 9.83. The Balaban J connectivity index is 2.68. The molecule has 2 N–H and O–H groups in total. The largest absolute Gasteiger partial charge is 0.394 e. The molecule has 108 valence electrons. The van der Waals surface area contributed by atoms with E-state index in [-0.39, 0.29) is 6.61 Å². The third-order valence-corrected chi connectivity index (χ3v) is 5.90. The molecule has 0 bridgehead atoms. The molecule has 6 nitrogen and oxygen atoms in total. The van der Waals surface area contributed by atoms with Gasteiger partial charge < -0.3 is 5.11 Å². The van der Waals surface area contributed by atoms with E-state index in [0.717, 1.165) is 25.5 Å². The van der Waals surface area contributed by atoms with Gasteiger partial charge in [-0.3, -0.25) is 0 Å². The molecular formula is C10H21NO5S2. The van der Waals surface area contributed by atoms with Crippen molar-refractivity contribution in [2.24, 2.45) is 0 Å². The third-order valence-electron chi connectivity index (χ3n) is 3.21. The van der Waals surface area contributed by atoms with Gasteiger partial charge in [-0.25, -0.2) is 21.6 Å². The smallest absolute Gasteiger partial charge is 0.213 e. The Labute approximate surface area is 109 Å². The van der Waals surface area contributed by atoms with Crippen LogP contribution in [0.4, 0.5) is 0 Å². The molecule has 1 saturated carbocycles. The van der Waals surface area contributed by atoms with Gasteiger partial charge in [0.1, 0.15) is 9.84 Å². The van der Waals surface area contributed by atoms with Crippen LogP contribution in [0.15, 0.2) is 0 Å². The Morgan fingerprint density at radius 1 is 1.06 bits per heavy atom. The fourth-order valence-electron chi connectivity index (χ4n) is 2.16. The molecule has 0 aromatic carbocycles. The molecule has 0 aromatic rings. The molecule has 0 aromatic heterocycles. The highest BCUT2D eigenvalue weighted by Crippen LogP contribution is 2.28. The van der Waals surface area contributed by atoms with E-state index in [4.69, 9.17) is 0 Å². The molecule has 18 heavy (non-hydrogen) atoms. The Morgan fingerprint density at radius 2 is 1.61 bits per heavy atom. The van der Waals surface area contributed by atoms with Crippen LogP contribution in [-0.4, -0.2) is 51.8 Å². The first kappa shape index (κ1) is 15.9. The van der Waals surface area contributed by atoms with E-state index in [1.807, 2.05) is 0 Å². The molecule has 0 atom stereocenters. The van der Waals surface area contributed by atoms with Crippen molar-refractivity contribution in [1.82, 2.24) is 4.72 Å². The Morgan fingerprint density at radius 3 is 2.06 bits per heavy atom. The molecule has 1 aliphatic rings. The zero-order valence-electron chi connectivity index (χ0n) is 10.6. The molecule has 0 amide bonds. The summed E-state index contributed by atoms with van der Waals surface area (Å²) in [4.78, 5) is 0. The molecule has 0 aliphatic heterocycles. The summed E-state index contributed by atoms with van der Waals surface area (Å²) in [5, 5.41) is 9.39. The van der Waals surface area contributed by atoms with E-state index in [1.165, 1.54) is 0 Å². The fraction of sp³-hybridized carbons (Fsp3) is 1.00. The van der Waals surface area contributed by atoms with E-state index < -0.39 is 36.9 Å². The normalized spacial score (nSPS) is 20.8. The maximum Gasteiger partial charge on any atom is 0.213 e. The number of rotatable bonds is 6. The number of aliphatic hydroxyl groups excluding tert-OH is 1. The molecule has 0 unspecified atom stereocenters. The number of aliphatic hydroxyl groups is 1. The second-order valence-electron chi connectivity index (χ2n) is 5.05. The minimum Gasteiger partial charge on any atom is -0.394 e. The van der Waals surface area contributed by atoms with Crippen molar-refractivity contribution >= 4 is 19.9 Å². The van der Waals surface area contributed by atoms with Crippen LogP contribution in [0.5, 0.6) is 0 Å². The average molecular weight is 299 g/mol. The van der Waals surface area contributed by atoms with Crippen molar-refractivity contribution in [3.63, 3.8) is 0 Å². The van der Waals surface area contributed by atoms with Crippen molar-refractivity contribution in [1.29, 1.82) is 0 Å². The lowest BCUT2D eigenvalue weighted by molar-refractivity contribution is 0.142. The fourth-order valence-corrected chi connectivity index (χ4v) is 5.28. The summed E-state index contributed by atoms with van der Waals surface area (Å²) in [7, 11) is -6.98. The monoisotopic (exact) mass is 299 g/mol. The minimum absolute atomic E-state index is 0.245. The Kier molecular flexibility index (Phi) is 5.16. The molecule has 0 heterocycles. The molecule has 1 fully saturated rings. The number of sulfone groups is 1. The van der Waals surface area contributed by atoms with E-state index in [9.17, 15) is 21.9 Å². The van der Waals surface area contributed by atoms with Gasteiger partial charge in [-0.1, -0.05) is 19.3 Å². The SMILES string of the molecule is CS(=O)(=O)CCS(=O)(=O)NC1(CO)CCCCC1. The average Bonchev–Trinajstić information content (AvgIpc) is 2.27. The number of hydrogen-bond donors (Lipinski definition) is 2. The van der Waals surface area contributed by atoms with Crippen LogP contribution in [0.3, 0.4) is 0 Å². The second kappa shape index (κ2) is 5.85. The van der Waals surface area contributed by atoms with Gasteiger partial charge in [-0.2, -0.15) is 0 Å². The highest BCUT2D eigenvalue weighted by Gasteiger charge is 2.35. The van der Waals surface area contributed by atoms with Gasteiger partial charge in [-0.05, 0) is 12.8 Å². The Hall–Kier alpha value is -0.180. The first-order chi connectivity index (χ1) is 8.18. The molecule has 1 rings (SSSR count). The van der Waals surface area contributed by atoms with Crippen LogP contribution in [0.25, 0.3) is 0 Å². The maximum absolute atomic E-state index is 11.8. The van der Waals surface area contributed by atoms with Crippen LogP contribution in [0.1, 0.15) is 32.1 Å². The molecule has 1 aliphatic carbocycles.